The molecule has 0 aromatic carbocycles. The van der Waals surface area contributed by atoms with Crippen LogP contribution in [0.2, 0.25) is 5.15 Å². The van der Waals surface area contributed by atoms with Gasteiger partial charge in [0.15, 0.2) is 5.15 Å². The zero-order valence-electron chi connectivity index (χ0n) is 5.34. The third-order valence-electron chi connectivity index (χ3n) is 1.25. The lowest BCUT2D eigenvalue weighted by Gasteiger charge is -2.01. The molecule has 0 amide bonds. The lowest BCUT2D eigenvalue weighted by molar-refractivity contribution is 1.06. The maximum atomic E-state index is 5.60. The van der Waals surface area contributed by atoms with E-state index in [0.717, 1.165) is 5.56 Å². The van der Waals surface area contributed by atoms with Crippen LogP contribution in [0.25, 0.3) is 0 Å². The van der Waals surface area contributed by atoms with Gasteiger partial charge in [-0.1, -0.05) is 11.6 Å². The van der Waals surface area contributed by atoms with Crippen LogP contribution in [0.3, 0.4) is 0 Å². The molecule has 10 heavy (non-hydrogen) atoms. The SMILES string of the molecule is NCc1ccnc(Cl)c1N. The fourth-order valence-electron chi connectivity index (χ4n) is 0.662. The molecule has 0 aliphatic carbocycles. The summed E-state index contributed by atoms with van der Waals surface area (Å²) in [6.07, 6.45) is 1.58. The Balaban J connectivity index is 3.14. The van der Waals surface area contributed by atoms with Crippen molar-refractivity contribution >= 4 is 17.3 Å². The van der Waals surface area contributed by atoms with Crippen molar-refractivity contribution in [1.82, 2.24) is 4.98 Å². The molecule has 0 unspecified atom stereocenters. The van der Waals surface area contributed by atoms with Crippen LogP contribution in [-0.4, -0.2) is 4.98 Å². The number of hydrogen-bond acceptors (Lipinski definition) is 3. The molecule has 0 aliphatic heterocycles. The molecule has 1 rings (SSSR count). The molecule has 0 fully saturated rings. The summed E-state index contributed by atoms with van der Waals surface area (Å²) < 4.78 is 0. The van der Waals surface area contributed by atoms with Crippen LogP contribution < -0.4 is 11.5 Å². The summed E-state index contributed by atoms with van der Waals surface area (Å²) in [7, 11) is 0. The summed E-state index contributed by atoms with van der Waals surface area (Å²) in [5.41, 5.74) is 12.2. The molecule has 1 aromatic heterocycles. The third kappa shape index (κ3) is 1.20. The molecule has 1 heterocycles. The van der Waals surface area contributed by atoms with Crippen LogP contribution in [0.15, 0.2) is 12.3 Å². The lowest BCUT2D eigenvalue weighted by atomic mass is 10.2. The minimum atomic E-state index is 0.322. The quantitative estimate of drug-likeness (QED) is 0.592. The van der Waals surface area contributed by atoms with Crippen molar-refractivity contribution in [3.63, 3.8) is 0 Å². The van der Waals surface area contributed by atoms with E-state index >= 15 is 0 Å². The van der Waals surface area contributed by atoms with E-state index in [2.05, 4.69) is 4.98 Å². The molecule has 54 valence electrons. The Labute approximate surface area is 64.0 Å². The molecule has 4 heteroatoms. The minimum Gasteiger partial charge on any atom is -0.396 e. The topological polar surface area (TPSA) is 64.9 Å². The van der Waals surface area contributed by atoms with E-state index in [1.54, 1.807) is 12.3 Å². The van der Waals surface area contributed by atoms with Gasteiger partial charge in [0.25, 0.3) is 0 Å². The van der Waals surface area contributed by atoms with Crippen molar-refractivity contribution in [3.05, 3.63) is 23.0 Å². The summed E-state index contributed by atoms with van der Waals surface area (Å²) in [5.74, 6) is 0. The summed E-state index contributed by atoms with van der Waals surface area (Å²) in [5, 5.41) is 0.322. The number of nitrogens with zero attached hydrogens (tertiary/aromatic N) is 1. The number of aromatic nitrogens is 1. The standard InChI is InChI=1S/C6H8ClN3/c7-6-5(9)4(3-8)1-2-10-6/h1-2H,3,8-9H2. The zero-order chi connectivity index (χ0) is 7.56. The number of hydrogen-bond donors (Lipinski definition) is 2. The van der Waals surface area contributed by atoms with Gasteiger partial charge in [-0.3, -0.25) is 0 Å². The van der Waals surface area contributed by atoms with Crippen molar-refractivity contribution in [2.75, 3.05) is 5.73 Å². The first-order valence-corrected chi connectivity index (χ1v) is 3.22. The summed E-state index contributed by atoms with van der Waals surface area (Å²) in [6, 6.07) is 1.75. The highest BCUT2D eigenvalue weighted by Gasteiger charge is 2.00. The molecule has 0 saturated heterocycles. The van der Waals surface area contributed by atoms with Gasteiger partial charge in [0.05, 0.1) is 5.69 Å². The van der Waals surface area contributed by atoms with Crippen LogP contribution in [0.4, 0.5) is 5.69 Å². The smallest absolute Gasteiger partial charge is 0.152 e. The molecular formula is C6H8ClN3. The van der Waals surface area contributed by atoms with Crippen LogP contribution in [0.5, 0.6) is 0 Å². The van der Waals surface area contributed by atoms with Gasteiger partial charge in [-0.15, -0.1) is 0 Å². The Kier molecular flexibility index (Phi) is 2.09. The Morgan fingerprint density at radius 2 is 2.30 bits per heavy atom. The van der Waals surface area contributed by atoms with Crippen molar-refractivity contribution in [3.8, 4) is 0 Å². The molecule has 3 nitrogen and oxygen atoms in total. The average molecular weight is 158 g/mol. The second kappa shape index (κ2) is 2.86. The Morgan fingerprint density at radius 1 is 1.60 bits per heavy atom. The Morgan fingerprint density at radius 3 is 2.80 bits per heavy atom. The fourth-order valence-corrected chi connectivity index (χ4v) is 0.840. The number of halogens is 1. The molecule has 4 N–H and O–H groups in total. The molecule has 0 radical (unpaired) electrons. The normalized spacial score (nSPS) is 9.80. The van der Waals surface area contributed by atoms with E-state index < -0.39 is 0 Å². The Bertz CT molecular complexity index is 236. The largest absolute Gasteiger partial charge is 0.396 e. The molecular weight excluding hydrogens is 150 g/mol. The molecule has 1 aromatic rings. The first-order chi connectivity index (χ1) is 4.75. The predicted molar refractivity (Wildman–Crippen MR) is 41.6 cm³/mol. The van der Waals surface area contributed by atoms with E-state index in [-0.39, 0.29) is 0 Å². The number of rotatable bonds is 1. The highest BCUT2D eigenvalue weighted by Crippen LogP contribution is 2.18. The van der Waals surface area contributed by atoms with E-state index in [1.165, 1.54) is 0 Å². The third-order valence-corrected chi connectivity index (χ3v) is 1.55. The molecule has 0 spiro atoms. The predicted octanol–water partition coefficient (Wildman–Crippen LogP) is 0.776. The van der Waals surface area contributed by atoms with Gasteiger partial charge >= 0.3 is 0 Å². The van der Waals surface area contributed by atoms with Crippen LogP contribution in [-0.2, 0) is 6.54 Å². The second-order valence-corrected chi connectivity index (χ2v) is 2.24. The van der Waals surface area contributed by atoms with Gasteiger partial charge in [0.2, 0.25) is 0 Å². The van der Waals surface area contributed by atoms with E-state index in [4.69, 9.17) is 23.1 Å². The highest BCUT2D eigenvalue weighted by atomic mass is 35.5. The summed E-state index contributed by atoms with van der Waals surface area (Å²) >= 11 is 5.60. The van der Waals surface area contributed by atoms with Crippen LogP contribution in [0.1, 0.15) is 5.56 Å². The molecule has 0 atom stereocenters. The van der Waals surface area contributed by atoms with Gasteiger partial charge in [-0.2, -0.15) is 0 Å². The van der Waals surface area contributed by atoms with Crippen LogP contribution in [0, 0.1) is 0 Å². The van der Waals surface area contributed by atoms with Crippen molar-refractivity contribution in [2.45, 2.75) is 6.54 Å². The van der Waals surface area contributed by atoms with Crippen molar-refractivity contribution in [2.24, 2.45) is 5.73 Å². The number of nitrogens with two attached hydrogens (primary N) is 2. The Hall–Kier alpha value is -0.800. The molecule has 0 bridgehead atoms. The van der Waals surface area contributed by atoms with E-state index in [0.29, 0.717) is 17.4 Å². The van der Waals surface area contributed by atoms with E-state index in [1.807, 2.05) is 0 Å². The first kappa shape index (κ1) is 7.31. The highest BCUT2D eigenvalue weighted by molar-refractivity contribution is 6.31. The molecule has 0 saturated carbocycles. The van der Waals surface area contributed by atoms with Crippen LogP contribution >= 0.6 is 11.6 Å². The molecule has 0 aliphatic rings. The van der Waals surface area contributed by atoms with Gasteiger partial charge in [0, 0.05) is 12.7 Å². The van der Waals surface area contributed by atoms with E-state index in [9.17, 15) is 0 Å². The van der Waals surface area contributed by atoms with Gasteiger partial charge in [-0.05, 0) is 11.6 Å². The monoisotopic (exact) mass is 157 g/mol. The number of nitrogen functional groups attached to an aromatic ring is 1. The number of pyridine rings is 1. The first-order valence-electron chi connectivity index (χ1n) is 2.84. The van der Waals surface area contributed by atoms with Gasteiger partial charge in [0.1, 0.15) is 0 Å². The maximum absolute atomic E-state index is 5.60. The number of anilines is 1. The summed E-state index contributed by atoms with van der Waals surface area (Å²) in [4.78, 5) is 3.77. The second-order valence-electron chi connectivity index (χ2n) is 1.88. The summed E-state index contributed by atoms with van der Waals surface area (Å²) in [6.45, 7) is 0.397. The zero-order valence-corrected chi connectivity index (χ0v) is 6.10. The van der Waals surface area contributed by atoms with Crippen molar-refractivity contribution < 1.29 is 0 Å². The average Bonchev–Trinajstić information content (AvgIpc) is 1.95. The maximum Gasteiger partial charge on any atom is 0.152 e. The van der Waals surface area contributed by atoms with Gasteiger partial charge in [-0.25, -0.2) is 4.98 Å². The lowest BCUT2D eigenvalue weighted by Crippen LogP contribution is -2.02. The van der Waals surface area contributed by atoms with Gasteiger partial charge < -0.3 is 11.5 Å². The fraction of sp³-hybridized carbons (Fsp3) is 0.167. The minimum absolute atomic E-state index is 0.322. The van der Waals surface area contributed by atoms with Crippen molar-refractivity contribution in [1.29, 1.82) is 0 Å².